The molecule has 1 unspecified atom stereocenters. The van der Waals surface area contributed by atoms with Crippen molar-refractivity contribution < 1.29 is 22.7 Å². The van der Waals surface area contributed by atoms with E-state index in [1.807, 2.05) is 0 Å². The van der Waals surface area contributed by atoms with E-state index in [-0.39, 0.29) is 19.7 Å². The minimum absolute atomic E-state index is 0.100. The first-order valence-electron chi connectivity index (χ1n) is 6.42. The van der Waals surface area contributed by atoms with Crippen LogP contribution in [0.2, 0.25) is 10.0 Å². The molecule has 1 heterocycles. The summed E-state index contributed by atoms with van der Waals surface area (Å²) in [5.74, 6) is 0. The van der Waals surface area contributed by atoms with Gasteiger partial charge >= 0.3 is 12.2 Å². The van der Waals surface area contributed by atoms with Gasteiger partial charge in [-0.1, -0.05) is 29.3 Å². The van der Waals surface area contributed by atoms with E-state index in [4.69, 9.17) is 23.2 Å². The number of ether oxygens (including phenoxy) is 1. The van der Waals surface area contributed by atoms with E-state index in [1.165, 1.54) is 6.07 Å². The molecule has 22 heavy (non-hydrogen) atoms. The number of halogens is 5. The first-order valence-corrected chi connectivity index (χ1v) is 7.18. The molecule has 0 aromatic heterocycles. The van der Waals surface area contributed by atoms with Crippen LogP contribution in [0.3, 0.4) is 0 Å². The third-order valence-electron chi connectivity index (χ3n) is 3.16. The number of carbonyl (C=O) groups is 1. The minimum Gasteiger partial charge on any atom is -0.365 e. The van der Waals surface area contributed by atoms with Gasteiger partial charge in [-0.15, -0.1) is 0 Å². The number of hydrogen-bond donors (Lipinski definition) is 1. The molecule has 1 aromatic carbocycles. The van der Waals surface area contributed by atoms with E-state index >= 15 is 0 Å². The Kier molecular flexibility index (Phi) is 5.41. The third kappa shape index (κ3) is 4.41. The van der Waals surface area contributed by atoms with Gasteiger partial charge in [-0.3, -0.25) is 0 Å². The Bertz CT molecular complexity index is 555. The van der Waals surface area contributed by atoms with Gasteiger partial charge in [0.15, 0.2) is 6.10 Å². The number of rotatable bonds is 2. The van der Waals surface area contributed by atoms with Crippen molar-refractivity contribution in [3.8, 4) is 0 Å². The molecule has 1 fully saturated rings. The number of nitrogens with zero attached hydrogens (tertiary/aromatic N) is 1. The van der Waals surface area contributed by atoms with E-state index < -0.39 is 24.9 Å². The summed E-state index contributed by atoms with van der Waals surface area (Å²) in [6.45, 7) is -0.474. The van der Waals surface area contributed by atoms with E-state index in [9.17, 15) is 18.0 Å². The smallest absolute Gasteiger partial charge is 0.365 e. The van der Waals surface area contributed by atoms with Crippen molar-refractivity contribution in [3.63, 3.8) is 0 Å². The molecule has 2 rings (SSSR count). The lowest BCUT2D eigenvalue weighted by molar-refractivity contribution is -0.233. The average molecular weight is 357 g/mol. The molecule has 4 nitrogen and oxygen atoms in total. The lowest BCUT2D eigenvalue weighted by Gasteiger charge is -2.33. The molecule has 0 saturated carbocycles. The zero-order valence-corrected chi connectivity index (χ0v) is 12.8. The van der Waals surface area contributed by atoms with Gasteiger partial charge in [0.25, 0.3) is 0 Å². The molecule has 1 saturated heterocycles. The van der Waals surface area contributed by atoms with Crippen LogP contribution in [0.1, 0.15) is 5.56 Å². The van der Waals surface area contributed by atoms with Crippen molar-refractivity contribution in [1.82, 2.24) is 10.2 Å². The highest BCUT2D eigenvalue weighted by molar-refractivity contribution is 6.35. The Morgan fingerprint density at radius 1 is 1.41 bits per heavy atom. The van der Waals surface area contributed by atoms with Crippen molar-refractivity contribution in [2.75, 3.05) is 19.7 Å². The summed E-state index contributed by atoms with van der Waals surface area (Å²) in [7, 11) is 0. The maximum atomic E-state index is 12.6. The molecule has 1 aliphatic heterocycles. The van der Waals surface area contributed by atoms with Gasteiger partial charge in [0.2, 0.25) is 0 Å². The molecule has 0 aliphatic carbocycles. The van der Waals surface area contributed by atoms with Crippen molar-refractivity contribution >= 4 is 29.2 Å². The Labute approximate surface area is 135 Å². The minimum atomic E-state index is -4.49. The van der Waals surface area contributed by atoms with Crippen LogP contribution in [0.5, 0.6) is 0 Å². The van der Waals surface area contributed by atoms with E-state index in [0.717, 1.165) is 4.90 Å². The second kappa shape index (κ2) is 6.93. The first-order chi connectivity index (χ1) is 10.3. The highest BCUT2D eigenvalue weighted by Gasteiger charge is 2.44. The summed E-state index contributed by atoms with van der Waals surface area (Å²) in [6, 6.07) is 4.19. The van der Waals surface area contributed by atoms with Gasteiger partial charge in [0, 0.05) is 23.1 Å². The number of hydrogen-bond acceptors (Lipinski definition) is 2. The van der Waals surface area contributed by atoms with Crippen LogP contribution < -0.4 is 5.32 Å². The largest absolute Gasteiger partial charge is 0.416 e. The van der Waals surface area contributed by atoms with Crippen molar-refractivity contribution in [3.05, 3.63) is 33.8 Å². The molecule has 0 radical (unpaired) electrons. The van der Waals surface area contributed by atoms with E-state index in [2.05, 4.69) is 10.1 Å². The second-order valence-electron chi connectivity index (χ2n) is 4.74. The average Bonchev–Trinajstić information content (AvgIpc) is 2.45. The zero-order valence-electron chi connectivity index (χ0n) is 11.3. The van der Waals surface area contributed by atoms with Crippen LogP contribution in [0.4, 0.5) is 18.0 Å². The number of urea groups is 1. The fourth-order valence-corrected chi connectivity index (χ4v) is 2.45. The van der Waals surface area contributed by atoms with Gasteiger partial charge in [0.05, 0.1) is 13.2 Å². The van der Waals surface area contributed by atoms with Crippen molar-refractivity contribution in [2.24, 2.45) is 0 Å². The number of amides is 2. The fourth-order valence-electron chi connectivity index (χ4n) is 1.98. The van der Waals surface area contributed by atoms with E-state index in [1.54, 1.807) is 12.1 Å². The number of morpholine rings is 1. The maximum Gasteiger partial charge on any atom is 0.416 e. The van der Waals surface area contributed by atoms with E-state index in [0.29, 0.717) is 15.6 Å². The van der Waals surface area contributed by atoms with Crippen LogP contribution in [-0.4, -0.2) is 42.9 Å². The molecule has 0 bridgehead atoms. The van der Waals surface area contributed by atoms with Crippen molar-refractivity contribution in [2.45, 2.75) is 18.8 Å². The van der Waals surface area contributed by atoms with Gasteiger partial charge in [0.1, 0.15) is 0 Å². The molecular weight excluding hydrogens is 344 g/mol. The monoisotopic (exact) mass is 356 g/mol. The summed E-state index contributed by atoms with van der Waals surface area (Å²) in [6.07, 6.45) is -6.44. The topological polar surface area (TPSA) is 41.6 Å². The second-order valence-corrected chi connectivity index (χ2v) is 5.59. The molecule has 1 aromatic rings. The predicted molar refractivity (Wildman–Crippen MR) is 76.1 cm³/mol. The summed E-state index contributed by atoms with van der Waals surface area (Å²) in [5.41, 5.74) is 0.625. The Balaban J connectivity index is 1.92. The van der Waals surface area contributed by atoms with Crippen LogP contribution in [0.15, 0.2) is 18.2 Å². The quantitative estimate of drug-likeness (QED) is 0.881. The summed E-state index contributed by atoms with van der Waals surface area (Å²) in [4.78, 5) is 13.0. The van der Waals surface area contributed by atoms with Gasteiger partial charge in [-0.05, 0) is 17.7 Å². The van der Waals surface area contributed by atoms with Crippen LogP contribution >= 0.6 is 23.2 Å². The molecule has 1 N–H and O–H groups in total. The zero-order chi connectivity index (χ0) is 16.3. The summed E-state index contributed by atoms with van der Waals surface area (Å²) >= 11 is 11.7. The first kappa shape index (κ1) is 17.2. The Morgan fingerprint density at radius 3 is 2.77 bits per heavy atom. The molecule has 0 spiro atoms. The van der Waals surface area contributed by atoms with Gasteiger partial charge < -0.3 is 15.0 Å². The van der Waals surface area contributed by atoms with Crippen LogP contribution in [-0.2, 0) is 11.3 Å². The highest BCUT2D eigenvalue weighted by atomic mass is 35.5. The lowest BCUT2D eigenvalue weighted by atomic mass is 10.2. The number of benzene rings is 1. The molecule has 1 aliphatic rings. The lowest BCUT2D eigenvalue weighted by Crippen LogP contribution is -2.53. The Hall–Kier alpha value is -1.18. The maximum absolute atomic E-state index is 12.6. The highest BCUT2D eigenvalue weighted by Crippen LogP contribution is 2.26. The number of carbonyl (C=O) groups excluding carboxylic acids is 1. The summed E-state index contributed by atoms with van der Waals surface area (Å²) < 4.78 is 42.5. The third-order valence-corrected chi connectivity index (χ3v) is 3.75. The van der Waals surface area contributed by atoms with Gasteiger partial charge in [-0.2, -0.15) is 13.2 Å². The molecule has 1 atom stereocenters. The molecule has 9 heteroatoms. The standard InChI is InChI=1S/C13H13Cl2F3N2O2/c14-9-2-1-8(10(15)5-9)6-19-12(21)20-3-4-22-11(7-20)13(16,17)18/h1-2,5,11H,3-4,6-7H2,(H,19,21). The van der Waals surface area contributed by atoms with Gasteiger partial charge in [-0.25, -0.2) is 4.79 Å². The summed E-state index contributed by atoms with van der Waals surface area (Å²) in [5, 5.41) is 3.37. The number of nitrogens with one attached hydrogen (secondary N) is 1. The fraction of sp³-hybridized carbons (Fsp3) is 0.462. The van der Waals surface area contributed by atoms with Crippen molar-refractivity contribution in [1.29, 1.82) is 0 Å². The molecule has 122 valence electrons. The number of alkyl halides is 3. The van der Waals surface area contributed by atoms with Crippen LogP contribution in [0.25, 0.3) is 0 Å². The molecule has 2 amide bonds. The molecular formula is C13H13Cl2F3N2O2. The normalized spacial score (nSPS) is 19.1. The SMILES string of the molecule is O=C(NCc1ccc(Cl)cc1Cl)N1CCOC(C(F)(F)F)C1. The predicted octanol–water partition coefficient (Wildman–Crippen LogP) is 3.47. The Morgan fingerprint density at radius 2 is 2.14 bits per heavy atom. The van der Waals surface area contributed by atoms with Crippen LogP contribution in [0, 0.1) is 0 Å².